The average Bonchev–Trinajstić information content (AvgIpc) is 2.47. The fourth-order valence-electron chi connectivity index (χ4n) is 5.35. The molecule has 0 aromatic carbocycles. The predicted octanol–water partition coefficient (Wildman–Crippen LogP) is 2.28. The van der Waals surface area contributed by atoms with E-state index in [1.165, 1.54) is 0 Å². The average molecular weight is 306 g/mol. The van der Waals surface area contributed by atoms with Crippen LogP contribution in [0.15, 0.2) is 24.3 Å². The van der Waals surface area contributed by atoms with Gasteiger partial charge in [0, 0.05) is 23.9 Å². The van der Waals surface area contributed by atoms with E-state index in [1.807, 2.05) is 19.9 Å². The molecule has 1 N–H and O–H groups in total. The lowest BCUT2D eigenvalue weighted by Gasteiger charge is -2.67. The van der Waals surface area contributed by atoms with Crippen molar-refractivity contribution in [2.45, 2.75) is 44.7 Å². The number of aliphatic hydroxyl groups is 1. The van der Waals surface area contributed by atoms with E-state index < -0.39 is 11.9 Å². The Hall–Kier alpha value is -0.680. The number of allylic oxidation sites excluding steroid dienone is 2. The van der Waals surface area contributed by atoms with Crippen molar-refractivity contribution >= 4 is 0 Å². The molecular formula is C18H26O4. The minimum absolute atomic E-state index is 0.0785. The Morgan fingerprint density at radius 2 is 2.14 bits per heavy atom. The first kappa shape index (κ1) is 14.9. The first-order valence-electron chi connectivity index (χ1n) is 8.29. The van der Waals surface area contributed by atoms with Gasteiger partial charge in [-0.3, -0.25) is 0 Å². The minimum atomic E-state index is -0.563. The molecular weight excluding hydrogens is 280 g/mol. The lowest BCUT2D eigenvalue weighted by atomic mass is 9.42. The molecule has 22 heavy (non-hydrogen) atoms. The molecule has 1 spiro atoms. The van der Waals surface area contributed by atoms with E-state index in [9.17, 15) is 5.11 Å². The molecule has 0 amide bonds. The van der Waals surface area contributed by atoms with Gasteiger partial charge in [0.2, 0.25) is 0 Å². The van der Waals surface area contributed by atoms with Crippen LogP contribution in [0.2, 0.25) is 0 Å². The molecule has 4 aliphatic carbocycles. The maximum Gasteiger partial charge on any atom is 0.163 e. The van der Waals surface area contributed by atoms with Crippen molar-refractivity contribution in [2.24, 2.45) is 22.7 Å². The summed E-state index contributed by atoms with van der Waals surface area (Å²) in [6, 6.07) is 0. The van der Waals surface area contributed by atoms with Crippen LogP contribution in [0.1, 0.15) is 26.7 Å². The number of aliphatic hydroxyl groups excluding tert-OH is 1. The van der Waals surface area contributed by atoms with E-state index >= 15 is 0 Å². The molecule has 5 aliphatic rings. The van der Waals surface area contributed by atoms with Gasteiger partial charge in [0.25, 0.3) is 0 Å². The van der Waals surface area contributed by atoms with Gasteiger partial charge in [-0.05, 0) is 32.6 Å². The highest BCUT2D eigenvalue weighted by Gasteiger charge is 2.68. The standard InChI is InChI=1S/C18H26O4/c1-16(2)21-10-13-12-6-8-17(15(13)22-16)7-4-5-14(19)18(17,9-12)11-20-3/h4-6,8,12-15,19H,7,9-11H2,1-3H3/t12-,13+,14+,15+,17-,18+/m1/s1. The second kappa shape index (κ2) is 4.67. The summed E-state index contributed by atoms with van der Waals surface area (Å²) >= 11 is 0. The third-order valence-electron chi connectivity index (χ3n) is 6.39. The minimum Gasteiger partial charge on any atom is -0.388 e. The van der Waals surface area contributed by atoms with Gasteiger partial charge in [0.1, 0.15) is 0 Å². The van der Waals surface area contributed by atoms with Crippen molar-refractivity contribution in [1.29, 1.82) is 0 Å². The Bertz CT molecular complexity index is 525. The van der Waals surface area contributed by atoms with Gasteiger partial charge in [-0.15, -0.1) is 0 Å². The summed E-state index contributed by atoms with van der Waals surface area (Å²) in [5, 5.41) is 10.8. The smallest absolute Gasteiger partial charge is 0.163 e. The normalized spacial score (nSPS) is 51.5. The summed E-state index contributed by atoms with van der Waals surface area (Å²) in [5.74, 6) is 0.201. The van der Waals surface area contributed by atoms with E-state index in [2.05, 4.69) is 18.2 Å². The molecule has 1 saturated heterocycles. The van der Waals surface area contributed by atoms with Gasteiger partial charge in [-0.1, -0.05) is 24.3 Å². The third-order valence-corrected chi connectivity index (χ3v) is 6.39. The molecule has 0 unspecified atom stereocenters. The number of hydrogen-bond acceptors (Lipinski definition) is 4. The SMILES string of the molecule is COC[C@]12C[C@H]3C=C[C@]1(CC=C[C@@H]2O)[C@H]1OC(C)(C)OC[C@@H]31. The van der Waals surface area contributed by atoms with E-state index in [4.69, 9.17) is 14.2 Å². The van der Waals surface area contributed by atoms with Gasteiger partial charge in [-0.2, -0.15) is 0 Å². The molecule has 2 fully saturated rings. The number of hydrogen-bond donors (Lipinski definition) is 1. The predicted molar refractivity (Wildman–Crippen MR) is 82.1 cm³/mol. The Morgan fingerprint density at radius 3 is 2.91 bits per heavy atom. The molecule has 1 saturated carbocycles. The molecule has 4 heteroatoms. The van der Waals surface area contributed by atoms with Crippen molar-refractivity contribution in [3.8, 4) is 0 Å². The Kier molecular flexibility index (Phi) is 3.16. The molecule has 122 valence electrons. The largest absolute Gasteiger partial charge is 0.388 e. The monoisotopic (exact) mass is 306 g/mol. The topological polar surface area (TPSA) is 47.9 Å². The zero-order valence-corrected chi connectivity index (χ0v) is 13.6. The lowest BCUT2D eigenvalue weighted by Crippen LogP contribution is -2.70. The van der Waals surface area contributed by atoms with Crippen LogP contribution in [0.5, 0.6) is 0 Å². The molecule has 1 aliphatic heterocycles. The third kappa shape index (κ3) is 1.72. The van der Waals surface area contributed by atoms with E-state index in [0.29, 0.717) is 18.4 Å². The Labute approximate surface area is 132 Å². The summed E-state index contributed by atoms with van der Waals surface area (Å²) in [4.78, 5) is 0. The van der Waals surface area contributed by atoms with Crippen LogP contribution in [0.4, 0.5) is 0 Å². The van der Waals surface area contributed by atoms with Crippen molar-refractivity contribution in [1.82, 2.24) is 0 Å². The second-order valence-electron chi connectivity index (χ2n) is 7.85. The second-order valence-corrected chi connectivity index (χ2v) is 7.85. The molecule has 6 atom stereocenters. The maximum absolute atomic E-state index is 10.8. The Morgan fingerprint density at radius 1 is 1.32 bits per heavy atom. The lowest BCUT2D eigenvalue weighted by molar-refractivity contribution is -0.348. The molecule has 4 nitrogen and oxygen atoms in total. The van der Waals surface area contributed by atoms with Crippen LogP contribution >= 0.6 is 0 Å². The van der Waals surface area contributed by atoms with Crippen LogP contribution in [0.25, 0.3) is 0 Å². The first-order chi connectivity index (χ1) is 10.4. The van der Waals surface area contributed by atoms with Crippen LogP contribution in [0.3, 0.4) is 0 Å². The number of methoxy groups -OCH3 is 1. The van der Waals surface area contributed by atoms with Crippen molar-refractivity contribution in [3.63, 3.8) is 0 Å². The quantitative estimate of drug-likeness (QED) is 0.795. The number of rotatable bonds is 2. The molecule has 0 aromatic heterocycles. The van der Waals surface area contributed by atoms with Gasteiger partial charge in [0.05, 0.1) is 25.4 Å². The van der Waals surface area contributed by atoms with Crippen LogP contribution in [-0.4, -0.2) is 43.4 Å². The van der Waals surface area contributed by atoms with E-state index in [-0.39, 0.29) is 16.9 Å². The van der Waals surface area contributed by atoms with Crippen molar-refractivity contribution < 1.29 is 19.3 Å². The zero-order valence-electron chi connectivity index (χ0n) is 13.6. The molecule has 5 rings (SSSR count). The van der Waals surface area contributed by atoms with Crippen molar-refractivity contribution in [2.75, 3.05) is 20.3 Å². The van der Waals surface area contributed by atoms with E-state index in [1.54, 1.807) is 7.11 Å². The summed E-state index contributed by atoms with van der Waals surface area (Å²) < 4.78 is 17.9. The van der Waals surface area contributed by atoms with Crippen molar-refractivity contribution in [3.05, 3.63) is 24.3 Å². The summed E-state index contributed by atoms with van der Waals surface area (Å²) in [5.41, 5.74) is -0.484. The zero-order chi connectivity index (χ0) is 15.6. The first-order valence-corrected chi connectivity index (χ1v) is 8.29. The van der Waals surface area contributed by atoms with Crippen LogP contribution in [0, 0.1) is 22.7 Å². The molecule has 0 aromatic rings. The number of ether oxygens (including phenoxy) is 3. The van der Waals surface area contributed by atoms with Gasteiger partial charge >= 0.3 is 0 Å². The fraction of sp³-hybridized carbons (Fsp3) is 0.778. The maximum atomic E-state index is 10.8. The Balaban J connectivity index is 1.83. The summed E-state index contributed by atoms with van der Waals surface area (Å²) in [6.45, 7) is 5.27. The molecule has 0 radical (unpaired) electrons. The van der Waals surface area contributed by atoms with Gasteiger partial charge in [-0.25, -0.2) is 0 Å². The molecule has 1 heterocycles. The van der Waals surface area contributed by atoms with Gasteiger partial charge in [0.15, 0.2) is 5.79 Å². The van der Waals surface area contributed by atoms with Crippen LogP contribution in [-0.2, 0) is 14.2 Å². The molecule has 2 bridgehead atoms. The van der Waals surface area contributed by atoms with Crippen LogP contribution < -0.4 is 0 Å². The highest BCUT2D eigenvalue weighted by Crippen LogP contribution is 2.66. The fourth-order valence-corrected chi connectivity index (χ4v) is 5.35. The highest BCUT2D eigenvalue weighted by atomic mass is 16.7. The summed E-state index contributed by atoms with van der Waals surface area (Å²) in [7, 11) is 1.73. The highest BCUT2D eigenvalue weighted by molar-refractivity contribution is 5.32. The van der Waals surface area contributed by atoms with Gasteiger partial charge < -0.3 is 19.3 Å². The van der Waals surface area contributed by atoms with E-state index in [0.717, 1.165) is 19.4 Å². The summed E-state index contributed by atoms with van der Waals surface area (Å²) in [6.07, 6.45) is 10.1.